The lowest BCUT2D eigenvalue weighted by molar-refractivity contribution is 0.0951. The van der Waals surface area contributed by atoms with Crippen molar-refractivity contribution in [3.8, 4) is 11.3 Å². The minimum Gasteiger partial charge on any atom is -0.384 e. The molecule has 1 amide bonds. The maximum Gasteiger partial charge on any atom is 0.251 e. The Hall–Kier alpha value is -3.03. The second-order valence-corrected chi connectivity index (χ2v) is 9.27. The van der Waals surface area contributed by atoms with Gasteiger partial charge in [-0.3, -0.25) is 9.78 Å². The first kappa shape index (κ1) is 24.1. The number of amides is 1. The molecular formula is C27H36N6O. The smallest absolute Gasteiger partial charge is 0.251 e. The predicted octanol–water partition coefficient (Wildman–Crippen LogP) is 3.88. The van der Waals surface area contributed by atoms with E-state index in [4.69, 9.17) is 4.98 Å². The average Bonchev–Trinajstić information content (AvgIpc) is 2.87. The summed E-state index contributed by atoms with van der Waals surface area (Å²) in [5.74, 6) is -0.0537. The van der Waals surface area contributed by atoms with E-state index in [1.54, 1.807) is 6.20 Å². The largest absolute Gasteiger partial charge is 0.384 e. The molecule has 1 saturated heterocycles. The summed E-state index contributed by atoms with van der Waals surface area (Å²) in [5.41, 5.74) is 4.49. The number of benzene rings is 1. The van der Waals surface area contributed by atoms with E-state index in [0.717, 1.165) is 53.9 Å². The van der Waals surface area contributed by atoms with Crippen LogP contribution in [0, 0.1) is 0 Å². The zero-order valence-electron chi connectivity index (χ0n) is 20.4. The van der Waals surface area contributed by atoms with Gasteiger partial charge >= 0.3 is 0 Å². The number of anilines is 1. The first-order chi connectivity index (χ1) is 16.6. The third kappa shape index (κ3) is 6.52. The number of carbonyl (C=O) groups is 1. The van der Waals surface area contributed by atoms with Gasteiger partial charge in [0.25, 0.3) is 5.91 Å². The summed E-state index contributed by atoms with van der Waals surface area (Å²) < 4.78 is 0. The normalized spacial score (nSPS) is 14.4. The first-order valence-electron chi connectivity index (χ1n) is 12.3. The Morgan fingerprint density at radius 3 is 2.62 bits per heavy atom. The number of hydrogen-bond donors (Lipinski definition) is 2. The van der Waals surface area contributed by atoms with Crippen molar-refractivity contribution in [2.75, 3.05) is 58.7 Å². The molecule has 7 heteroatoms. The maximum absolute atomic E-state index is 12.4. The molecule has 34 heavy (non-hydrogen) atoms. The molecule has 7 nitrogen and oxygen atoms in total. The van der Waals surface area contributed by atoms with Crippen LogP contribution in [0.15, 0.2) is 48.8 Å². The van der Waals surface area contributed by atoms with Crippen molar-refractivity contribution in [2.24, 2.45) is 0 Å². The highest BCUT2D eigenvalue weighted by molar-refractivity contribution is 5.95. The van der Waals surface area contributed by atoms with Crippen LogP contribution in [-0.4, -0.2) is 79.0 Å². The molecule has 0 radical (unpaired) electrons. The second-order valence-electron chi connectivity index (χ2n) is 9.27. The fourth-order valence-corrected chi connectivity index (χ4v) is 4.36. The summed E-state index contributed by atoms with van der Waals surface area (Å²) in [4.78, 5) is 26.2. The molecule has 2 aromatic heterocycles. The summed E-state index contributed by atoms with van der Waals surface area (Å²) in [6.45, 7) is 5.95. The van der Waals surface area contributed by atoms with Gasteiger partial charge in [-0.15, -0.1) is 0 Å². The van der Waals surface area contributed by atoms with Crippen LogP contribution in [-0.2, 0) is 0 Å². The number of pyridine rings is 2. The molecule has 180 valence electrons. The number of likely N-dealkylation sites (N-methyl/N-ethyl adjacent to an activating group) is 1. The van der Waals surface area contributed by atoms with Crippen LogP contribution in [0.25, 0.3) is 22.2 Å². The molecular weight excluding hydrogens is 424 g/mol. The fourth-order valence-electron chi connectivity index (χ4n) is 4.36. The van der Waals surface area contributed by atoms with Gasteiger partial charge in [-0.05, 0) is 77.3 Å². The van der Waals surface area contributed by atoms with Crippen LogP contribution in [0.3, 0.4) is 0 Å². The van der Waals surface area contributed by atoms with Gasteiger partial charge in [-0.2, -0.15) is 0 Å². The number of carbonyl (C=O) groups excluding carboxylic acids is 1. The molecule has 1 fully saturated rings. The van der Waals surface area contributed by atoms with Gasteiger partial charge in [0.15, 0.2) is 0 Å². The number of nitrogens with zero attached hydrogens (tertiary/aromatic N) is 4. The van der Waals surface area contributed by atoms with Gasteiger partial charge < -0.3 is 20.4 Å². The van der Waals surface area contributed by atoms with E-state index in [9.17, 15) is 4.79 Å². The SMILES string of the molecule is CN(C)CCNC(=O)c1ccc(-c2cc(NCCCN3CCCCC3)c3cnccc3n2)cc1. The number of hydrogen-bond acceptors (Lipinski definition) is 6. The molecule has 3 aromatic rings. The van der Waals surface area contributed by atoms with E-state index in [2.05, 4.69) is 26.6 Å². The summed E-state index contributed by atoms with van der Waals surface area (Å²) >= 11 is 0. The molecule has 2 N–H and O–H groups in total. The van der Waals surface area contributed by atoms with Crippen molar-refractivity contribution in [3.63, 3.8) is 0 Å². The van der Waals surface area contributed by atoms with Gasteiger partial charge in [0, 0.05) is 54.2 Å². The number of nitrogens with one attached hydrogen (secondary N) is 2. The molecule has 3 heterocycles. The number of likely N-dealkylation sites (tertiary alicyclic amines) is 1. The van der Waals surface area contributed by atoms with Crippen LogP contribution >= 0.6 is 0 Å². The van der Waals surface area contributed by atoms with Gasteiger partial charge in [0.05, 0.1) is 11.2 Å². The Morgan fingerprint density at radius 2 is 1.85 bits per heavy atom. The zero-order chi connectivity index (χ0) is 23.8. The zero-order valence-corrected chi connectivity index (χ0v) is 20.4. The lowest BCUT2D eigenvalue weighted by Crippen LogP contribution is -2.31. The highest BCUT2D eigenvalue weighted by Crippen LogP contribution is 2.28. The maximum atomic E-state index is 12.4. The number of aromatic nitrogens is 2. The molecule has 0 spiro atoms. The molecule has 0 aliphatic carbocycles. The van der Waals surface area contributed by atoms with E-state index < -0.39 is 0 Å². The van der Waals surface area contributed by atoms with E-state index in [1.165, 1.54) is 32.4 Å². The van der Waals surface area contributed by atoms with Crippen molar-refractivity contribution < 1.29 is 4.79 Å². The summed E-state index contributed by atoms with van der Waals surface area (Å²) in [5, 5.41) is 7.61. The summed E-state index contributed by atoms with van der Waals surface area (Å²) in [6.07, 6.45) is 8.79. The third-order valence-electron chi connectivity index (χ3n) is 6.31. The fraction of sp³-hybridized carbons (Fsp3) is 0.444. The van der Waals surface area contributed by atoms with Crippen LogP contribution in [0.2, 0.25) is 0 Å². The number of piperidine rings is 1. The Morgan fingerprint density at radius 1 is 1.06 bits per heavy atom. The molecule has 0 atom stereocenters. The standard InChI is InChI=1S/C27H36N6O/c1-32(2)18-14-30-27(34)22-9-7-21(8-10-22)25-19-26(23-20-28-13-11-24(23)31-25)29-12-6-17-33-15-4-3-5-16-33/h7-11,13,19-20H,3-6,12,14-18H2,1-2H3,(H,29,31)(H,30,34). The Kier molecular flexibility index (Phi) is 8.44. The molecule has 4 rings (SSSR count). The van der Waals surface area contributed by atoms with Crippen LogP contribution in [0.1, 0.15) is 36.0 Å². The molecule has 1 aromatic carbocycles. The Labute approximate surface area is 202 Å². The van der Waals surface area contributed by atoms with E-state index in [1.807, 2.05) is 55.5 Å². The minimum absolute atomic E-state index is 0.0537. The molecule has 1 aliphatic heterocycles. The topological polar surface area (TPSA) is 73.4 Å². The average molecular weight is 461 g/mol. The van der Waals surface area contributed by atoms with Crippen LogP contribution in [0.4, 0.5) is 5.69 Å². The lowest BCUT2D eigenvalue weighted by atomic mass is 10.1. The Balaban J connectivity index is 1.44. The van der Waals surface area contributed by atoms with E-state index >= 15 is 0 Å². The van der Waals surface area contributed by atoms with Crippen molar-refractivity contribution >= 4 is 22.5 Å². The Bertz CT molecular complexity index is 1080. The third-order valence-corrected chi connectivity index (χ3v) is 6.31. The summed E-state index contributed by atoms with van der Waals surface area (Å²) in [7, 11) is 3.98. The first-order valence-corrected chi connectivity index (χ1v) is 12.3. The van der Waals surface area contributed by atoms with Gasteiger partial charge in [0.2, 0.25) is 0 Å². The molecule has 0 unspecified atom stereocenters. The number of fused-ring (bicyclic) bond motifs is 1. The summed E-state index contributed by atoms with van der Waals surface area (Å²) in [6, 6.07) is 11.7. The molecule has 1 aliphatic rings. The van der Waals surface area contributed by atoms with Crippen molar-refractivity contribution in [1.82, 2.24) is 25.1 Å². The molecule has 0 saturated carbocycles. The monoisotopic (exact) mass is 460 g/mol. The highest BCUT2D eigenvalue weighted by atomic mass is 16.1. The van der Waals surface area contributed by atoms with Crippen LogP contribution in [0.5, 0.6) is 0 Å². The van der Waals surface area contributed by atoms with Crippen molar-refractivity contribution in [1.29, 1.82) is 0 Å². The predicted molar refractivity (Wildman–Crippen MR) is 139 cm³/mol. The molecule has 0 bridgehead atoms. The van der Waals surface area contributed by atoms with Gasteiger partial charge in [-0.25, -0.2) is 4.98 Å². The van der Waals surface area contributed by atoms with Crippen molar-refractivity contribution in [3.05, 3.63) is 54.4 Å². The number of rotatable bonds is 10. The van der Waals surface area contributed by atoms with Crippen LogP contribution < -0.4 is 10.6 Å². The minimum atomic E-state index is -0.0537. The van der Waals surface area contributed by atoms with E-state index in [-0.39, 0.29) is 5.91 Å². The van der Waals surface area contributed by atoms with E-state index in [0.29, 0.717) is 12.1 Å². The second kappa shape index (κ2) is 11.9. The van der Waals surface area contributed by atoms with Gasteiger partial charge in [0.1, 0.15) is 0 Å². The quantitative estimate of drug-likeness (QED) is 0.448. The lowest BCUT2D eigenvalue weighted by Gasteiger charge is -2.26. The van der Waals surface area contributed by atoms with Gasteiger partial charge in [-0.1, -0.05) is 18.6 Å². The highest BCUT2D eigenvalue weighted by Gasteiger charge is 2.11. The van der Waals surface area contributed by atoms with Crippen molar-refractivity contribution in [2.45, 2.75) is 25.7 Å².